The van der Waals surface area contributed by atoms with Gasteiger partial charge in [0.2, 0.25) is 0 Å². The van der Waals surface area contributed by atoms with Gasteiger partial charge in [0.25, 0.3) is 0 Å². The van der Waals surface area contributed by atoms with Crippen molar-refractivity contribution in [3.63, 3.8) is 0 Å². The van der Waals surface area contributed by atoms with Gasteiger partial charge in [-0.25, -0.2) is 4.79 Å². The molecule has 86 valence electrons. The van der Waals surface area contributed by atoms with Crippen LogP contribution in [0.4, 0.5) is 4.79 Å². The third-order valence-corrected chi connectivity index (χ3v) is 3.22. The van der Waals surface area contributed by atoms with E-state index in [0.29, 0.717) is 12.0 Å². The van der Waals surface area contributed by atoms with E-state index in [1.807, 2.05) is 25.7 Å². The fourth-order valence-corrected chi connectivity index (χ4v) is 2.54. The van der Waals surface area contributed by atoms with Crippen LogP contribution in [0.5, 0.6) is 0 Å². The zero-order valence-corrected chi connectivity index (χ0v) is 9.69. The van der Waals surface area contributed by atoms with Gasteiger partial charge in [-0.1, -0.05) is 0 Å². The Kier molecular flexibility index (Phi) is 2.41. The molecule has 0 aromatic heterocycles. The van der Waals surface area contributed by atoms with Crippen LogP contribution in [0, 0.1) is 5.92 Å². The lowest BCUT2D eigenvalue weighted by molar-refractivity contribution is 0.0183. The fraction of sp³-hybridized carbons (Fsp3) is 0.909. The average Bonchev–Trinajstić information content (AvgIpc) is 2.58. The minimum atomic E-state index is -0.402. The SMILES string of the molecule is CC(C)(C)OC(=O)N1C[C@@H]2C[C@@H]1C[C@H]2N. The number of carbonyl (C=O) groups is 1. The third kappa shape index (κ3) is 2.09. The van der Waals surface area contributed by atoms with Crippen LogP contribution in [0.15, 0.2) is 0 Å². The topological polar surface area (TPSA) is 55.6 Å². The first kappa shape index (κ1) is 10.7. The van der Waals surface area contributed by atoms with Crippen molar-refractivity contribution in [3.8, 4) is 0 Å². The maximum absolute atomic E-state index is 11.8. The first-order valence-electron chi connectivity index (χ1n) is 5.62. The summed E-state index contributed by atoms with van der Waals surface area (Å²) in [6, 6.07) is 0.605. The van der Waals surface area contributed by atoms with E-state index in [0.717, 1.165) is 19.4 Å². The van der Waals surface area contributed by atoms with Crippen molar-refractivity contribution in [3.05, 3.63) is 0 Å². The Morgan fingerprint density at radius 1 is 1.40 bits per heavy atom. The molecule has 4 heteroatoms. The van der Waals surface area contributed by atoms with Gasteiger partial charge in [-0.15, -0.1) is 0 Å². The number of carbonyl (C=O) groups excluding carboxylic acids is 1. The molecule has 2 rings (SSSR count). The minimum Gasteiger partial charge on any atom is -0.444 e. The Bertz CT molecular complexity index is 270. The molecule has 0 aromatic rings. The van der Waals surface area contributed by atoms with E-state index in [-0.39, 0.29) is 12.1 Å². The van der Waals surface area contributed by atoms with Crippen molar-refractivity contribution in [2.45, 2.75) is 51.3 Å². The molecule has 0 spiro atoms. The molecule has 1 saturated carbocycles. The lowest BCUT2D eigenvalue weighted by Gasteiger charge is -2.31. The van der Waals surface area contributed by atoms with E-state index in [1.165, 1.54) is 0 Å². The summed E-state index contributed by atoms with van der Waals surface area (Å²) in [7, 11) is 0. The van der Waals surface area contributed by atoms with Crippen LogP contribution < -0.4 is 5.73 Å². The van der Waals surface area contributed by atoms with Crippen LogP contribution in [0.1, 0.15) is 33.6 Å². The van der Waals surface area contributed by atoms with E-state index in [9.17, 15) is 4.79 Å². The molecule has 0 aromatic carbocycles. The first-order valence-corrected chi connectivity index (χ1v) is 5.62. The monoisotopic (exact) mass is 212 g/mol. The molecule has 2 N–H and O–H groups in total. The number of hydrogen-bond donors (Lipinski definition) is 1. The minimum absolute atomic E-state index is 0.179. The molecule has 4 nitrogen and oxygen atoms in total. The average molecular weight is 212 g/mol. The Morgan fingerprint density at radius 2 is 2.07 bits per heavy atom. The van der Waals surface area contributed by atoms with Crippen molar-refractivity contribution >= 4 is 6.09 Å². The van der Waals surface area contributed by atoms with Crippen molar-refractivity contribution in [2.24, 2.45) is 11.7 Å². The highest BCUT2D eigenvalue weighted by molar-refractivity contribution is 5.69. The van der Waals surface area contributed by atoms with Crippen LogP contribution in [-0.4, -0.2) is 35.2 Å². The number of rotatable bonds is 0. The second-order valence-electron chi connectivity index (χ2n) is 5.68. The molecule has 0 radical (unpaired) electrons. The van der Waals surface area contributed by atoms with Crippen LogP contribution in [0.2, 0.25) is 0 Å². The van der Waals surface area contributed by atoms with Gasteiger partial charge in [0.15, 0.2) is 0 Å². The lowest BCUT2D eigenvalue weighted by Crippen LogP contribution is -2.46. The number of hydrogen-bond acceptors (Lipinski definition) is 3. The molecule has 1 saturated heterocycles. The number of amides is 1. The Labute approximate surface area is 90.8 Å². The molecular formula is C11H20N2O2. The second kappa shape index (κ2) is 3.37. The summed E-state index contributed by atoms with van der Waals surface area (Å²) in [5.74, 6) is 0.488. The van der Waals surface area contributed by atoms with Gasteiger partial charge in [-0.05, 0) is 39.5 Å². The van der Waals surface area contributed by atoms with Crippen molar-refractivity contribution in [2.75, 3.05) is 6.54 Å². The van der Waals surface area contributed by atoms with Crippen molar-refractivity contribution in [1.82, 2.24) is 4.90 Å². The summed E-state index contributed by atoms with van der Waals surface area (Å²) in [4.78, 5) is 13.7. The van der Waals surface area contributed by atoms with Gasteiger partial charge in [-0.3, -0.25) is 0 Å². The standard InChI is InChI=1S/C11H20N2O2/c1-11(2,3)15-10(14)13-6-7-4-8(13)5-9(7)12/h7-9H,4-6,12H2,1-3H3/t7-,8+,9+/m0/s1. The summed E-state index contributed by atoms with van der Waals surface area (Å²) in [6.45, 7) is 6.46. The Morgan fingerprint density at radius 3 is 2.47 bits per heavy atom. The lowest BCUT2D eigenvalue weighted by atomic mass is 10.0. The molecule has 0 unspecified atom stereocenters. The van der Waals surface area contributed by atoms with Crippen LogP contribution >= 0.6 is 0 Å². The van der Waals surface area contributed by atoms with Crippen molar-refractivity contribution in [1.29, 1.82) is 0 Å². The first-order chi connectivity index (χ1) is 6.87. The molecule has 15 heavy (non-hydrogen) atoms. The highest BCUT2D eigenvalue weighted by Gasteiger charge is 2.46. The summed E-state index contributed by atoms with van der Waals surface area (Å²) >= 11 is 0. The molecule has 2 aliphatic rings. The summed E-state index contributed by atoms with van der Waals surface area (Å²) in [5.41, 5.74) is 5.53. The molecule has 1 aliphatic heterocycles. The highest BCUT2D eigenvalue weighted by atomic mass is 16.6. The molecule has 2 fully saturated rings. The number of nitrogens with two attached hydrogens (primary N) is 1. The third-order valence-electron chi connectivity index (χ3n) is 3.22. The van der Waals surface area contributed by atoms with E-state index in [2.05, 4.69) is 0 Å². The number of piperidine rings is 1. The molecule has 2 bridgehead atoms. The van der Waals surface area contributed by atoms with E-state index >= 15 is 0 Å². The van der Waals surface area contributed by atoms with Gasteiger partial charge in [-0.2, -0.15) is 0 Å². The van der Waals surface area contributed by atoms with E-state index in [1.54, 1.807) is 0 Å². The van der Waals surface area contributed by atoms with Crippen molar-refractivity contribution < 1.29 is 9.53 Å². The maximum atomic E-state index is 11.8. The maximum Gasteiger partial charge on any atom is 0.410 e. The largest absolute Gasteiger partial charge is 0.444 e. The van der Waals surface area contributed by atoms with Crippen LogP contribution in [0.3, 0.4) is 0 Å². The summed E-state index contributed by atoms with van der Waals surface area (Å²) in [5, 5.41) is 0. The second-order valence-corrected chi connectivity index (χ2v) is 5.68. The van der Waals surface area contributed by atoms with Gasteiger partial charge in [0.05, 0.1) is 0 Å². The number of fused-ring (bicyclic) bond motifs is 2. The Balaban J connectivity index is 1.94. The zero-order chi connectivity index (χ0) is 11.2. The number of ether oxygens (including phenoxy) is 1. The highest BCUT2D eigenvalue weighted by Crippen LogP contribution is 2.37. The van der Waals surface area contributed by atoms with Gasteiger partial charge in [0, 0.05) is 18.6 Å². The predicted octanol–water partition coefficient (Wildman–Crippen LogP) is 1.34. The number of likely N-dealkylation sites (tertiary alicyclic amines) is 1. The quantitative estimate of drug-likeness (QED) is 0.659. The van der Waals surface area contributed by atoms with Crippen LogP contribution in [0.25, 0.3) is 0 Å². The van der Waals surface area contributed by atoms with Gasteiger partial charge >= 0.3 is 6.09 Å². The zero-order valence-electron chi connectivity index (χ0n) is 9.69. The van der Waals surface area contributed by atoms with E-state index in [4.69, 9.17) is 10.5 Å². The number of nitrogens with zero attached hydrogens (tertiary/aromatic N) is 1. The van der Waals surface area contributed by atoms with Crippen LogP contribution in [-0.2, 0) is 4.74 Å². The smallest absolute Gasteiger partial charge is 0.410 e. The molecule has 1 heterocycles. The molecule has 3 atom stereocenters. The fourth-order valence-electron chi connectivity index (χ4n) is 2.54. The normalized spacial score (nSPS) is 34.7. The molecule has 1 aliphatic carbocycles. The summed E-state index contributed by atoms with van der Waals surface area (Å²) < 4.78 is 5.36. The Hall–Kier alpha value is -0.770. The molecular weight excluding hydrogens is 192 g/mol. The summed E-state index contributed by atoms with van der Waals surface area (Å²) in [6.07, 6.45) is 1.81. The predicted molar refractivity (Wildman–Crippen MR) is 57.4 cm³/mol. The van der Waals surface area contributed by atoms with E-state index < -0.39 is 5.60 Å². The van der Waals surface area contributed by atoms with Gasteiger partial charge < -0.3 is 15.4 Å². The van der Waals surface area contributed by atoms with Gasteiger partial charge in [0.1, 0.15) is 5.60 Å². The molecule has 1 amide bonds.